The lowest BCUT2D eigenvalue weighted by Gasteiger charge is -2.24. The van der Waals surface area contributed by atoms with E-state index in [0.717, 1.165) is 27.6 Å². The highest BCUT2D eigenvalue weighted by Gasteiger charge is 2.21. The molecule has 0 N–H and O–H groups in total. The van der Waals surface area contributed by atoms with Gasteiger partial charge in [-0.2, -0.15) is 0 Å². The van der Waals surface area contributed by atoms with Crippen LogP contribution in [0.3, 0.4) is 0 Å². The van der Waals surface area contributed by atoms with Gasteiger partial charge in [0.25, 0.3) is 5.69 Å². The molecule has 6 heteroatoms. The highest BCUT2D eigenvalue weighted by Crippen LogP contribution is 2.24. The number of amides is 1. The molecule has 166 valence electrons. The second-order valence-corrected chi connectivity index (χ2v) is 7.80. The first kappa shape index (κ1) is 22.0. The number of nitro benzene ring substituents is 1. The predicted octanol–water partition coefficient (Wildman–Crippen LogP) is 5.53. The molecule has 0 aliphatic heterocycles. The van der Waals surface area contributed by atoms with E-state index in [9.17, 15) is 14.9 Å². The fourth-order valence-corrected chi connectivity index (χ4v) is 3.93. The molecule has 0 heterocycles. The molecule has 0 fully saturated rings. The van der Waals surface area contributed by atoms with Gasteiger partial charge in [-0.25, -0.2) is 0 Å². The molecule has 0 bridgehead atoms. The van der Waals surface area contributed by atoms with Crippen molar-refractivity contribution in [3.8, 4) is 5.75 Å². The lowest BCUT2D eigenvalue weighted by atomic mass is 10.0. The molecule has 0 atom stereocenters. The Morgan fingerprint density at radius 1 is 0.848 bits per heavy atom. The lowest BCUT2D eigenvalue weighted by Crippen LogP contribution is -2.31. The van der Waals surface area contributed by atoms with E-state index in [1.54, 1.807) is 30.2 Å². The normalized spacial score (nSPS) is 10.7. The van der Waals surface area contributed by atoms with Gasteiger partial charge in [0.1, 0.15) is 5.75 Å². The van der Waals surface area contributed by atoms with Gasteiger partial charge < -0.3 is 9.64 Å². The van der Waals surface area contributed by atoms with Crippen LogP contribution in [0.4, 0.5) is 5.69 Å². The summed E-state index contributed by atoms with van der Waals surface area (Å²) in [7, 11) is 1.61. The van der Waals surface area contributed by atoms with Crippen LogP contribution in [0.25, 0.3) is 10.8 Å². The van der Waals surface area contributed by atoms with E-state index in [-0.39, 0.29) is 18.0 Å². The van der Waals surface area contributed by atoms with E-state index < -0.39 is 4.92 Å². The minimum absolute atomic E-state index is 0.0413. The van der Waals surface area contributed by atoms with Gasteiger partial charge in [-0.3, -0.25) is 14.9 Å². The first-order valence-corrected chi connectivity index (χ1v) is 10.6. The average molecular weight is 440 g/mol. The predicted molar refractivity (Wildman–Crippen MR) is 128 cm³/mol. The number of nitrogens with zero attached hydrogens (tertiary/aromatic N) is 2. The number of fused-ring (bicyclic) bond motifs is 1. The molecule has 1 amide bonds. The highest BCUT2D eigenvalue weighted by atomic mass is 16.6. The van der Waals surface area contributed by atoms with Crippen LogP contribution < -0.4 is 4.74 Å². The zero-order valence-electron chi connectivity index (χ0n) is 18.3. The van der Waals surface area contributed by atoms with Crippen molar-refractivity contribution in [1.82, 2.24) is 4.90 Å². The van der Waals surface area contributed by atoms with E-state index in [1.807, 2.05) is 66.7 Å². The van der Waals surface area contributed by atoms with Crippen molar-refractivity contribution in [1.29, 1.82) is 0 Å². The maximum atomic E-state index is 13.4. The van der Waals surface area contributed by atoms with Crippen molar-refractivity contribution < 1.29 is 14.5 Å². The van der Waals surface area contributed by atoms with Crippen LogP contribution in [0.15, 0.2) is 91.0 Å². The van der Waals surface area contributed by atoms with Crippen LogP contribution in [-0.4, -0.2) is 22.8 Å². The van der Waals surface area contributed by atoms with Gasteiger partial charge in [-0.1, -0.05) is 72.8 Å². The third-order valence-electron chi connectivity index (χ3n) is 5.66. The van der Waals surface area contributed by atoms with Crippen LogP contribution >= 0.6 is 0 Å². The summed E-state index contributed by atoms with van der Waals surface area (Å²) in [5.41, 5.74) is 2.34. The third-order valence-corrected chi connectivity index (χ3v) is 5.66. The van der Waals surface area contributed by atoms with Gasteiger partial charge in [0, 0.05) is 24.7 Å². The molecule has 4 aromatic carbocycles. The zero-order chi connectivity index (χ0) is 23.2. The quantitative estimate of drug-likeness (QED) is 0.267. The largest absolute Gasteiger partial charge is 0.497 e. The second kappa shape index (κ2) is 9.96. The molecular weight excluding hydrogens is 416 g/mol. The SMILES string of the molecule is COc1ccc(CN(Cc2cccc3ccccc23)C(=O)Cc2ccccc2[N+](=O)[O-])cc1. The number of carbonyl (C=O) groups excluding carboxylic acids is 1. The van der Waals surface area contributed by atoms with Crippen molar-refractivity contribution in [2.45, 2.75) is 19.5 Å². The Hall–Kier alpha value is -4.19. The summed E-state index contributed by atoms with van der Waals surface area (Å²) >= 11 is 0. The van der Waals surface area contributed by atoms with Gasteiger partial charge in [-0.15, -0.1) is 0 Å². The number of methoxy groups -OCH3 is 1. The summed E-state index contributed by atoms with van der Waals surface area (Å²) < 4.78 is 5.24. The monoisotopic (exact) mass is 440 g/mol. The second-order valence-electron chi connectivity index (χ2n) is 7.80. The van der Waals surface area contributed by atoms with Gasteiger partial charge in [0.2, 0.25) is 5.91 Å². The van der Waals surface area contributed by atoms with Crippen LogP contribution in [0.1, 0.15) is 16.7 Å². The summed E-state index contributed by atoms with van der Waals surface area (Å²) in [5.74, 6) is 0.568. The van der Waals surface area contributed by atoms with Crippen LogP contribution in [0.5, 0.6) is 5.75 Å². The molecule has 4 aromatic rings. The standard InChI is InChI=1S/C27H24N2O4/c1-33-24-15-13-20(14-16-24)18-28(19-23-10-6-9-21-7-2-4-11-25(21)23)27(30)17-22-8-3-5-12-26(22)29(31)32/h2-16H,17-19H2,1H3. The Labute approximate surface area is 192 Å². The summed E-state index contributed by atoms with van der Waals surface area (Å²) in [4.78, 5) is 26.2. The lowest BCUT2D eigenvalue weighted by molar-refractivity contribution is -0.385. The van der Waals surface area contributed by atoms with Gasteiger partial charge in [0.05, 0.1) is 18.5 Å². The van der Waals surface area contributed by atoms with E-state index in [1.165, 1.54) is 6.07 Å². The van der Waals surface area contributed by atoms with Gasteiger partial charge >= 0.3 is 0 Å². The smallest absolute Gasteiger partial charge is 0.273 e. The Morgan fingerprint density at radius 3 is 2.27 bits per heavy atom. The minimum atomic E-state index is -0.443. The van der Waals surface area contributed by atoms with Crippen LogP contribution in [0, 0.1) is 10.1 Å². The fraction of sp³-hybridized carbons (Fsp3) is 0.148. The Bertz CT molecular complexity index is 1280. The van der Waals surface area contributed by atoms with Crippen molar-refractivity contribution in [3.63, 3.8) is 0 Å². The molecule has 0 unspecified atom stereocenters. The number of nitro groups is 1. The summed E-state index contributed by atoms with van der Waals surface area (Å²) in [6, 6.07) is 28.1. The third kappa shape index (κ3) is 5.18. The number of hydrogen-bond donors (Lipinski definition) is 0. The van der Waals surface area contributed by atoms with Gasteiger partial charge in [0.15, 0.2) is 0 Å². The fourth-order valence-electron chi connectivity index (χ4n) is 3.93. The molecule has 6 nitrogen and oxygen atoms in total. The molecule has 0 aliphatic rings. The first-order chi connectivity index (χ1) is 16.0. The highest BCUT2D eigenvalue weighted by molar-refractivity contribution is 5.86. The molecule has 33 heavy (non-hydrogen) atoms. The maximum absolute atomic E-state index is 13.4. The molecule has 4 rings (SSSR count). The summed E-state index contributed by atoms with van der Waals surface area (Å²) in [5, 5.41) is 13.6. The van der Waals surface area contributed by atoms with Gasteiger partial charge in [-0.05, 0) is 34.0 Å². The zero-order valence-corrected chi connectivity index (χ0v) is 18.3. The molecule has 0 saturated carbocycles. The van der Waals surface area contributed by atoms with Crippen LogP contribution in [0.2, 0.25) is 0 Å². The Kier molecular flexibility index (Phi) is 6.64. The van der Waals surface area contributed by atoms with E-state index in [2.05, 4.69) is 0 Å². The van der Waals surface area contributed by atoms with Crippen molar-refractivity contribution in [2.24, 2.45) is 0 Å². The first-order valence-electron chi connectivity index (χ1n) is 10.6. The molecule has 0 radical (unpaired) electrons. The van der Waals surface area contributed by atoms with Crippen LogP contribution in [-0.2, 0) is 24.3 Å². The number of carbonyl (C=O) groups is 1. The van der Waals surface area contributed by atoms with Crippen molar-refractivity contribution >= 4 is 22.4 Å². The minimum Gasteiger partial charge on any atom is -0.497 e. The average Bonchev–Trinajstić information content (AvgIpc) is 2.84. The molecule has 0 spiro atoms. The number of rotatable bonds is 8. The molecule has 0 saturated heterocycles. The number of para-hydroxylation sites is 1. The van der Waals surface area contributed by atoms with E-state index in [4.69, 9.17) is 4.74 Å². The van der Waals surface area contributed by atoms with Crippen molar-refractivity contribution in [3.05, 3.63) is 118 Å². The topological polar surface area (TPSA) is 72.7 Å². The summed E-state index contributed by atoms with van der Waals surface area (Å²) in [6.45, 7) is 0.777. The summed E-state index contributed by atoms with van der Waals surface area (Å²) in [6.07, 6.45) is -0.0436. The number of hydrogen-bond acceptors (Lipinski definition) is 4. The molecular formula is C27H24N2O4. The number of benzene rings is 4. The Morgan fingerprint density at radius 2 is 1.52 bits per heavy atom. The van der Waals surface area contributed by atoms with E-state index >= 15 is 0 Å². The number of ether oxygens (including phenoxy) is 1. The maximum Gasteiger partial charge on any atom is 0.273 e. The van der Waals surface area contributed by atoms with E-state index in [0.29, 0.717) is 18.7 Å². The Balaban J connectivity index is 1.65. The molecule has 0 aliphatic carbocycles. The molecule has 0 aromatic heterocycles. The van der Waals surface area contributed by atoms with Crippen molar-refractivity contribution in [2.75, 3.05) is 7.11 Å².